The van der Waals surface area contributed by atoms with Crippen molar-refractivity contribution >= 4 is 22.6 Å². The van der Waals surface area contributed by atoms with Crippen LogP contribution in [0, 0.1) is 18.3 Å². The van der Waals surface area contributed by atoms with Gasteiger partial charge in [-0.1, -0.05) is 6.07 Å². The molecule has 1 aliphatic rings. The predicted molar refractivity (Wildman–Crippen MR) is 101 cm³/mol. The molecule has 1 amide bonds. The van der Waals surface area contributed by atoms with E-state index in [9.17, 15) is 9.59 Å². The van der Waals surface area contributed by atoms with E-state index >= 15 is 0 Å². The lowest BCUT2D eigenvalue weighted by atomic mass is 10.1. The van der Waals surface area contributed by atoms with E-state index in [4.69, 9.17) is 5.26 Å². The lowest BCUT2D eigenvalue weighted by Crippen LogP contribution is -2.30. The molecule has 0 unspecified atom stereocenters. The van der Waals surface area contributed by atoms with Gasteiger partial charge in [0.2, 0.25) is 5.91 Å². The summed E-state index contributed by atoms with van der Waals surface area (Å²) in [5.41, 5.74) is 2.88. The summed E-state index contributed by atoms with van der Waals surface area (Å²) in [7, 11) is 0. The molecule has 0 bridgehead atoms. The third kappa shape index (κ3) is 3.10. The van der Waals surface area contributed by atoms with Crippen LogP contribution in [0.4, 0.5) is 5.69 Å². The van der Waals surface area contributed by atoms with Crippen molar-refractivity contribution in [3.8, 4) is 6.07 Å². The molecule has 0 fully saturated rings. The van der Waals surface area contributed by atoms with Gasteiger partial charge < -0.3 is 9.88 Å². The molecule has 2 aromatic heterocycles. The zero-order valence-corrected chi connectivity index (χ0v) is 15.0. The number of nitriles is 1. The van der Waals surface area contributed by atoms with Crippen molar-refractivity contribution in [2.45, 2.75) is 39.3 Å². The van der Waals surface area contributed by atoms with Crippen LogP contribution in [0.15, 0.2) is 35.1 Å². The molecule has 4 rings (SSSR count). The van der Waals surface area contributed by atoms with E-state index in [0.29, 0.717) is 28.8 Å². The maximum Gasteiger partial charge on any atom is 0.278 e. The van der Waals surface area contributed by atoms with Gasteiger partial charge in [-0.15, -0.1) is 0 Å². The summed E-state index contributed by atoms with van der Waals surface area (Å²) in [6.07, 6.45) is 2.82. The van der Waals surface area contributed by atoms with Gasteiger partial charge in [-0.25, -0.2) is 4.98 Å². The van der Waals surface area contributed by atoms with Crippen LogP contribution in [0.2, 0.25) is 0 Å². The molecule has 3 aromatic rings. The highest BCUT2D eigenvalue weighted by molar-refractivity contribution is 5.92. The average molecular weight is 361 g/mol. The first kappa shape index (κ1) is 17.0. The zero-order chi connectivity index (χ0) is 19.0. The number of carbonyl (C=O) groups is 1. The Morgan fingerprint density at radius 3 is 3.00 bits per heavy atom. The monoisotopic (exact) mass is 361 g/mol. The van der Waals surface area contributed by atoms with Gasteiger partial charge in [0, 0.05) is 24.3 Å². The number of anilines is 1. The molecule has 7 heteroatoms. The average Bonchev–Trinajstić information content (AvgIpc) is 2.97. The minimum atomic E-state index is -0.257. The van der Waals surface area contributed by atoms with Gasteiger partial charge in [0.05, 0.1) is 17.1 Å². The fourth-order valence-corrected chi connectivity index (χ4v) is 3.60. The number of hydrogen-bond acceptors (Lipinski definition) is 4. The number of carbonyl (C=O) groups excluding carboxylic acids is 1. The topological polar surface area (TPSA) is 92.7 Å². The van der Waals surface area contributed by atoms with Crippen LogP contribution in [0.3, 0.4) is 0 Å². The van der Waals surface area contributed by atoms with Crippen molar-refractivity contribution < 1.29 is 4.79 Å². The minimum absolute atomic E-state index is 0.0163. The summed E-state index contributed by atoms with van der Waals surface area (Å²) in [6.45, 7) is 2.56. The zero-order valence-electron chi connectivity index (χ0n) is 15.0. The Morgan fingerprint density at radius 1 is 1.33 bits per heavy atom. The lowest BCUT2D eigenvalue weighted by Gasteiger charge is -2.17. The number of fused-ring (bicyclic) bond motifs is 2. The first-order chi connectivity index (χ1) is 13.1. The Bertz CT molecular complexity index is 1150. The Labute approximate surface area is 155 Å². The molecule has 1 N–H and O–H groups in total. The maximum atomic E-state index is 13.0. The van der Waals surface area contributed by atoms with E-state index < -0.39 is 0 Å². The van der Waals surface area contributed by atoms with Gasteiger partial charge in [0.25, 0.3) is 5.56 Å². The molecule has 0 atom stereocenters. The first-order valence-electron chi connectivity index (χ1n) is 8.96. The SMILES string of the molecule is Cc1cc2nc3n(c(=O)c2n1CC(=O)Nc1cccc(C#N)c1)CCCC3. The van der Waals surface area contributed by atoms with Crippen LogP contribution in [0.1, 0.15) is 29.9 Å². The number of benzene rings is 1. The summed E-state index contributed by atoms with van der Waals surface area (Å²) in [4.78, 5) is 30.1. The van der Waals surface area contributed by atoms with E-state index in [1.165, 1.54) is 0 Å². The number of nitrogens with one attached hydrogen (secondary N) is 1. The first-order valence-corrected chi connectivity index (χ1v) is 8.96. The van der Waals surface area contributed by atoms with Crippen LogP contribution in [-0.4, -0.2) is 20.0 Å². The smallest absolute Gasteiger partial charge is 0.278 e. The second-order valence-corrected chi connectivity index (χ2v) is 6.79. The summed E-state index contributed by atoms with van der Waals surface area (Å²) in [6, 6.07) is 10.6. The van der Waals surface area contributed by atoms with Crippen molar-refractivity contribution in [3.63, 3.8) is 0 Å². The van der Waals surface area contributed by atoms with E-state index in [-0.39, 0.29) is 18.0 Å². The second-order valence-electron chi connectivity index (χ2n) is 6.79. The van der Waals surface area contributed by atoms with Crippen molar-refractivity contribution in [1.82, 2.24) is 14.1 Å². The fourth-order valence-electron chi connectivity index (χ4n) is 3.60. The van der Waals surface area contributed by atoms with Crippen LogP contribution < -0.4 is 10.9 Å². The molecule has 3 heterocycles. The van der Waals surface area contributed by atoms with E-state index in [0.717, 1.165) is 30.8 Å². The third-order valence-corrected chi connectivity index (χ3v) is 4.90. The van der Waals surface area contributed by atoms with Gasteiger partial charge in [0.15, 0.2) is 0 Å². The van der Waals surface area contributed by atoms with Crippen LogP contribution in [0.5, 0.6) is 0 Å². The number of hydrogen-bond donors (Lipinski definition) is 1. The Hall–Kier alpha value is -3.40. The molecule has 27 heavy (non-hydrogen) atoms. The molecular weight excluding hydrogens is 342 g/mol. The number of rotatable bonds is 3. The summed E-state index contributed by atoms with van der Waals surface area (Å²) in [5, 5.41) is 11.8. The minimum Gasteiger partial charge on any atom is -0.330 e. The molecule has 1 aliphatic heterocycles. The Balaban J connectivity index is 1.67. The van der Waals surface area contributed by atoms with Gasteiger partial charge in [0.1, 0.15) is 17.9 Å². The number of aryl methyl sites for hydroxylation is 2. The number of amides is 1. The molecule has 0 saturated carbocycles. The lowest BCUT2D eigenvalue weighted by molar-refractivity contribution is -0.116. The molecule has 0 radical (unpaired) electrons. The summed E-state index contributed by atoms with van der Waals surface area (Å²) < 4.78 is 3.45. The van der Waals surface area contributed by atoms with Crippen molar-refractivity contribution in [2.24, 2.45) is 0 Å². The largest absolute Gasteiger partial charge is 0.330 e. The van der Waals surface area contributed by atoms with Gasteiger partial charge in [-0.05, 0) is 44.0 Å². The van der Waals surface area contributed by atoms with E-state index in [2.05, 4.69) is 10.3 Å². The highest BCUT2D eigenvalue weighted by Gasteiger charge is 2.19. The standard InChI is InChI=1S/C20H19N5O2/c1-13-9-16-19(20(27)24-8-3-2-7-17(24)23-16)25(13)12-18(26)22-15-6-4-5-14(10-15)11-21/h4-6,9-10H,2-3,7-8,12H2,1H3,(H,22,26). The van der Waals surface area contributed by atoms with Crippen molar-refractivity contribution in [1.29, 1.82) is 5.26 Å². The van der Waals surface area contributed by atoms with Crippen LogP contribution >= 0.6 is 0 Å². The highest BCUT2D eigenvalue weighted by Crippen LogP contribution is 2.19. The fraction of sp³-hybridized carbons (Fsp3) is 0.300. The van der Waals surface area contributed by atoms with Crippen LogP contribution in [0.25, 0.3) is 11.0 Å². The van der Waals surface area contributed by atoms with Gasteiger partial charge in [-0.3, -0.25) is 14.2 Å². The molecule has 0 saturated heterocycles. The van der Waals surface area contributed by atoms with Gasteiger partial charge in [-0.2, -0.15) is 5.26 Å². The van der Waals surface area contributed by atoms with E-state index in [1.807, 2.05) is 19.1 Å². The Morgan fingerprint density at radius 2 is 2.19 bits per heavy atom. The number of aromatic nitrogens is 3. The third-order valence-electron chi connectivity index (χ3n) is 4.90. The predicted octanol–water partition coefficient (Wildman–Crippen LogP) is 2.35. The number of nitrogens with zero attached hydrogens (tertiary/aromatic N) is 4. The normalized spacial score (nSPS) is 13.2. The summed E-state index contributed by atoms with van der Waals surface area (Å²) >= 11 is 0. The molecule has 1 aromatic carbocycles. The molecular formula is C20H19N5O2. The molecule has 7 nitrogen and oxygen atoms in total. The maximum absolute atomic E-state index is 13.0. The summed E-state index contributed by atoms with van der Waals surface area (Å²) in [5.74, 6) is 0.571. The van der Waals surface area contributed by atoms with Crippen molar-refractivity contribution in [3.05, 3.63) is 57.8 Å². The van der Waals surface area contributed by atoms with Crippen LogP contribution in [-0.2, 0) is 24.3 Å². The molecule has 0 spiro atoms. The molecule has 136 valence electrons. The van der Waals surface area contributed by atoms with Gasteiger partial charge >= 0.3 is 0 Å². The van der Waals surface area contributed by atoms with Crippen molar-refractivity contribution in [2.75, 3.05) is 5.32 Å². The highest BCUT2D eigenvalue weighted by atomic mass is 16.2. The molecule has 0 aliphatic carbocycles. The Kier molecular flexibility index (Phi) is 4.24. The second kappa shape index (κ2) is 6.72. The van der Waals surface area contributed by atoms with E-state index in [1.54, 1.807) is 33.4 Å². The quantitative estimate of drug-likeness (QED) is 0.775.